The molecule has 0 aromatic heterocycles. The van der Waals surface area contributed by atoms with E-state index < -0.39 is 0 Å². The normalized spacial score (nSPS) is 26.5. The van der Waals surface area contributed by atoms with Gasteiger partial charge in [0.15, 0.2) is 11.6 Å². The summed E-state index contributed by atoms with van der Waals surface area (Å²) in [7, 11) is 0. The van der Waals surface area contributed by atoms with Crippen LogP contribution >= 0.6 is 0 Å². The van der Waals surface area contributed by atoms with E-state index in [1.54, 1.807) is 0 Å². The molecule has 1 fully saturated rings. The van der Waals surface area contributed by atoms with Gasteiger partial charge in [-0.2, -0.15) is 0 Å². The molecule has 1 saturated carbocycles. The second kappa shape index (κ2) is 2.66. The molecular formula is C11H12O2. The molecule has 1 unspecified atom stereocenters. The number of fused-ring (bicyclic) bond motifs is 2. The SMILES string of the molecule is CC(C)=C1C(=O)C2=CCC(C2)C1=O. The highest BCUT2D eigenvalue weighted by Crippen LogP contribution is 2.36. The molecule has 2 aliphatic rings. The maximum Gasteiger partial charge on any atom is 0.192 e. The number of carbonyl (C=O) groups excluding carboxylic acids is 2. The van der Waals surface area contributed by atoms with E-state index in [9.17, 15) is 9.59 Å². The molecule has 13 heavy (non-hydrogen) atoms. The van der Waals surface area contributed by atoms with Crippen LogP contribution in [0.3, 0.4) is 0 Å². The highest BCUT2D eigenvalue weighted by atomic mass is 16.2. The van der Waals surface area contributed by atoms with E-state index >= 15 is 0 Å². The van der Waals surface area contributed by atoms with Crippen molar-refractivity contribution in [1.82, 2.24) is 0 Å². The van der Waals surface area contributed by atoms with Gasteiger partial charge in [0.05, 0.1) is 5.57 Å². The standard InChI is InChI=1S/C11H12O2/c1-6(2)9-10(12)7-3-4-8(5-7)11(9)13/h3,8H,4-5H2,1-2H3. The predicted octanol–water partition coefficient (Wildman–Crippen LogP) is 1.81. The predicted molar refractivity (Wildman–Crippen MR) is 49.2 cm³/mol. The molecule has 0 N–H and O–H groups in total. The minimum Gasteiger partial charge on any atom is -0.294 e. The molecule has 2 heteroatoms. The van der Waals surface area contributed by atoms with Gasteiger partial charge in [-0.15, -0.1) is 0 Å². The zero-order valence-electron chi connectivity index (χ0n) is 7.89. The van der Waals surface area contributed by atoms with Gasteiger partial charge in [0.25, 0.3) is 0 Å². The Morgan fingerprint density at radius 3 is 2.69 bits per heavy atom. The maximum absolute atomic E-state index is 11.7. The summed E-state index contributed by atoms with van der Waals surface area (Å²) < 4.78 is 0. The minimum absolute atomic E-state index is 0.0289. The fourth-order valence-electron chi connectivity index (χ4n) is 2.05. The largest absolute Gasteiger partial charge is 0.294 e. The first-order chi connectivity index (χ1) is 6.11. The Bertz CT molecular complexity index is 354. The summed E-state index contributed by atoms with van der Waals surface area (Å²) in [6.07, 6.45) is 3.35. The Morgan fingerprint density at radius 1 is 1.38 bits per heavy atom. The summed E-state index contributed by atoms with van der Waals surface area (Å²) in [6.45, 7) is 3.66. The second-order valence-electron chi connectivity index (χ2n) is 3.93. The van der Waals surface area contributed by atoms with Gasteiger partial charge in [-0.1, -0.05) is 11.6 Å². The van der Waals surface area contributed by atoms with Crippen LogP contribution in [0.2, 0.25) is 0 Å². The third kappa shape index (κ3) is 1.09. The first kappa shape index (κ1) is 8.42. The van der Waals surface area contributed by atoms with Crippen LogP contribution in [0.4, 0.5) is 0 Å². The Labute approximate surface area is 77.3 Å². The van der Waals surface area contributed by atoms with Crippen LogP contribution < -0.4 is 0 Å². The zero-order chi connectivity index (χ0) is 9.59. The van der Waals surface area contributed by atoms with Crippen molar-refractivity contribution in [2.24, 2.45) is 5.92 Å². The molecule has 1 atom stereocenters. The van der Waals surface area contributed by atoms with Crippen LogP contribution in [0.5, 0.6) is 0 Å². The van der Waals surface area contributed by atoms with Crippen molar-refractivity contribution >= 4 is 11.6 Å². The molecule has 0 saturated heterocycles. The van der Waals surface area contributed by atoms with Crippen molar-refractivity contribution in [3.63, 3.8) is 0 Å². The second-order valence-corrected chi connectivity index (χ2v) is 3.93. The summed E-state index contributed by atoms with van der Waals surface area (Å²) >= 11 is 0. The van der Waals surface area contributed by atoms with E-state index in [-0.39, 0.29) is 17.5 Å². The number of ketones is 2. The highest BCUT2D eigenvalue weighted by molar-refractivity contribution is 6.30. The number of hydrogen-bond acceptors (Lipinski definition) is 2. The lowest BCUT2D eigenvalue weighted by atomic mass is 9.82. The van der Waals surface area contributed by atoms with E-state index in [1.807, 2.05) is 19.9 Å². The van der Waals surface area contributed by atoms with Crippen LogP contribution in [0.15, 0.2) is 22.8 Å². The van der Waals surface area contributed by atoms with Gasteiger partial charge in [-0.3, -0.25) is 9.59 Å². The lowest BCUT2D eigenvalue weighted by Gasteiger charge is -2.18. The van der Waals surface area contributed by atoms with Gasteiger partial charge in [0, 0.05) is 5.92 Å². The van der Waals surface area contributed by atoms with Crippen molar-refractivity contribution in [1.29, 1.82) is 0 Å². The fourth-order valence-corrected chi connectivity index (χ4v) is 2.05. The number of carbonyl (C=O) groups is 2. The molecular weight excluding hydrogens is 164 g/mol. The molecule has 0 aromatic rings. The van der Waals surface area contributed by atoms with Gasteiger partial charge in [0.2, 0.25) is 0 Å². The quantitative estimate of drug-likeness (QED) is 0.416. The summed E-state index contributed by atoms with van der Waals surface area (Å²) in [5, 5.41) is 0. The average molecular weight is 176 g/mol. The number of Topliss-reactive ketones (excluding diaryl/α,β-unsaturated/α-hetero) is 2. The van der Waals surface area contributed by atoms with Crippen LogP contribution in [0.25, 0.3) is 0 Å². The molecule has 0 amide bonds. The fraction of sp³-hybridized carbons (Fsp3) is 0.455. The van der Waals surface area contributed by atoms with E-state index in [1.165, 1.54) is 0 Å². The van der Waals surface area contributed by atoms with E-state index in [0.29, 0.717) is 12.0 Å². The third-order valence-corrected chi connectivity index (χ3v) is 2.75. The third-order valence-electron chi connectivity index (χ3n) is 2.75. The van der Waals surface area contributed by atoms with Crippen molar-refractivity contribution in [2.75, 3.05) is 0 Å². The van der Waals surface area contributed by atoms with Crippen LogP contribution in [0, 0.1) is 5.92 Å². The van der Waals surface area contributed by atoms with E-state index in [2.05, 4.69) is 0 Å². The molecule has 2 bridgehead atoms. The Balaban J connectivity index is 2.52. The molecule has 2 nitrogen and oxygen atoms in total. The van der Waals surface area contributed by atoms with Gasteiger partial charge in [-0.25, -0.2) is 0 Å². The summed E-state index contributed by atoms with van der Waals surface area (Å²) in [5.74, 6) is 0.0962. The van der Waals surface area contributed by atoms with Crippen molar-refractivity contribution < 1.29 is 9.59 Å². The van der Waals surface area contributed by atoms with E-state index in [0.717, 1.165) is 17.6 Å². The first-order valence-corrected chi connectivity index (χ1v) is 4.56. The van der Waals surface area contributed by atoms with Crippen LogP contribution in [-0.4, -0.2) is 11.6 Å². The Kier molecular flexibility index (Phi) is 1.72. The number of allylic oxidation sites excluding steroid dienone is 4. The molecule has 0 heterocycles. The lowest BCUT2D eigenvalue weighted by molar-refractivity contribution is -0.123. The topological polar surface area (TPSA) is 34.1 Å². The summed E-state index contributed by atoms with van der Waals surface area (Å²) in [6, 6.07) is 0. The molecule has 0 aliphatic heterocycles. The molecule has 68 valence electrons. The van der Waals surface area contributed by atoms with Crippen molar-refractivity contribution in [3.05, 3.63) is 22.8 Å². The summed E-state index contributed by atoms with van der Waals surface area (Å²) in [4.78, 5) is 23.4. The van der Waals surface area contributed by atoms with Gasteiger partial charge >= 0.3 is 0 Å². The number of hydrogen-bond donors (Lipinski definition) is 0. The molecule has 0 aromatic carbocycles. The zero-order valence-corrected chi connectivity index (χ0v) is 7.89. The highest BCUT2D eigenvalue weighted by Gasteiger charge is 2.38. The average Bonchev–Trinajstić information content (AvgIpc) is 2.46. The van der Waals surface area contributed by atoms with E-state index in [4.69, 9.17) is 0 Å². The van der Waals surface area contributed by atoms with Crippen molar-refractivity contribution in [2.45, 2.75) is 26.7 Å². The minimum atomic E-state index is -0.0289. The molecule has 2 rings (SSSR count). The van der Waals surface area contributed by atoms with Gasteiger partial charge in [0.1, 0.15) is 0 Å². The summed E-state index contributed by atoms with van der Waals surface area (Å²) in [5.41, 5.74) is 2.15. The number of rotatable bonds is 0. The van der Waals surface area contributed by atoms with Gasteiger partial charge in [-0.05, 0) is 32.3 Å². The molecule has 2 aliphatic carbocycles. The van der Waals surface area contributed by atoms with Gasteiger partial charge < -0.3 is 0 Å². The van der Waals surface area contributed by atoms with Crippen molar-refractivity contribution in [3.8, 4) is 0 Å². The van der Waals surface area contributed by atoms with Crippen LogP contribution in [-0.2, 0) is 9.59 Å². The Morgan fingerprint density at radius 2 is 2.08 bits per heavy atom. The maximum atomic E-state index is 11.7. The lowest BCUT2D eigenvalue weighted by Crippen LogP contribution is -2.26. The smallest absolute Gasteiger partial charge is 0.192 e. The Hall–Kier alpha value is -1.18. The molecule has 0 spiro atoms. The van der Waals surface area contributed by atoms with Crippen LogP contribution in [0.1, 0.15) is 26.7 Å². The molecule has 0 radical (unpaired) electrons. The first-order valence-electron chi connectivity index (χ1n) is 4.56. The monoisotopic (exact) mass is 176 g/mol.